The zero-order chi connectivity index (χ0) is 21.0. The summed E-state index contributed by atoms with van der Waals surface area (Å²) < 4.78 is 16.1. The third-order valence-electron chi connectivity index (χ3n) is 4.30. The highest BCUT2D eigenvalue weighted by atomic mass is 19.1. The van der Waals surface area contributed by atoms with Gasteiger partial charge in [-0.05, 0) is 31.5 Å². The third-order valence-corrected chi connectivity index (χ3v) is 4.30. The molecule has 0 saturated heterocycles. The summed E-state index contributed by atoms with van der Waals surface area (Å²) in [4.78, 5) is 36.8. The molecule has 1 heterocycles. The highest BCUT2D eigenvalue weighted by Crippen LogP contribution is 2.23. The number of ketones is 1. The molecule has 0 aliphatic carbocycles. The summed E-state index contributed by atoms with van der Waals surface area (Å²) in [6, 6.07) is 6.70. The molecule has 2 aromatic rings. The number of nitriles is 1. The van der Waals surface area contributed by atoms with Gasteiger partial charge in [-0.25, -0.2) is 4.39 Å². The van der Waals surface area contributed by atoms with Gasteiger partial charge in [-0.15, -0.1) is 6.58 Å². The predicted molar refractivity (Wildman–Crippen MR) is 101 cm³/mol. The molecule has 0 bridgehead atoms. The molecule has 8 heteroatoms. The average molecular weight is 382 g/mol. The van der Waals surface area contributed by atoms with Gasteiger partial charge in [0.25, 0.3) is 17.6 Å². The topological polar surface area (TPSA) is 104 Å². The van der Waals surface area contributed by atoms with Crippen LogP contribution in [0.2, 0.25) is 0 Å². The number of halogens is 1. The monoisotopic (exact) mass is 382 g/mol. The maximum atomic E-state index is 14.9. The van der Waals surface area contributed by atoms with Crippen LogP contribution in [0.1, 0.15) is 37.7 Å². The second-order valence-electron chi connectivity index (χ2n) is 6.11. The number of nitrogens with zero attached hydrogens (tertiary/aromatic N) is 2. The normalized spacial score (nSPS) is 10.1. The Morgan fingerprint density at radius 1 is 1.32 bits per heavy atom. The number of carbonyl (C=O) groups is 3. The van der Waals surface area contributed by atoms with E-state index >= 15 is 0 Å². The molecular formula is C20H19FN4O3. The maximum Gasteiger partial charge on any atom is 0.292 e. The van der Waals surface area contributed by atoms with E-state index in [1.807, 2.05) is 6.07 Å². The van der Waals surface area contributed by atoms with E-state index in [4.69, 9.17) is 5.26 Å². The highest BCUT2D eigenvalue weighted by Gasteiger charge is 2.31. The second kappa shape index (κ2) is 8.31. The van der Waals surface area contributed by atoms with E-state index in [2.05, 4.69) is 17.2 Å². The van der Waals surface area contributed by atoms with Gasteiger partial charge in [0, 0.05) is 25.0 Å². The van der Waals surface area contributed by atoms with Gasteiger partial charge in [0.15, 0.2) is 5.82 Å². The fraction of sp³-hybridized carbons (Fsp3) is 0.200. The molecule has 1 aromatic carbocycles. The Morgan fingerprint density at radius 2 is 2.00 bits per heavy atom. The van der Waals surface area contributed by atoms with Gasteiger partial charge in [-0.2, -0.15) is 5.26 Å². The molecular weight excluding hydrogens is 363 g/mol. The van der Waals surface area contributed by atoms with Gasteiger partial charge < -0.3 is 15.2 Å². The molecule has 7 nitrogen and oxygen atoms in total. The van der Waals surface area contributed by atoms with Crippen molar-refractivity contribution in [2.24, 2.45) is 7.05 Å². The Bertz CT molecular complexity index is 1030. The Morgan fingerprint density at radius 3 is 2.61 bits per heavy atom. The van der Waals surface area contributed by atoms with Gasteiger partial charge in [0.05, 0.1) is 17.2 Å². The number of rotatable bonds is 6. The highest BCUT2D eigenvalue weighted by molar-refractivity contribution is 6.43. The lowest BCUT2D eigenvalue weighted by molar-refractivity contribution is -0.116. The van der Waals surface area contributed by atoms with E-state index in [0.717, 1.165) is 5.56 Å². The van der Waals surface area contributed by atoms with Gasteiger partial charge in [-0.3, -0.25) is 14.4 Å². The van der Waals surface area contributed by atoms with Crippen LogP contribution < -0.4 is 10.6 Å². The van der Waals surface area contributed by atoms with Crippen LogP contribution in [0.25, 0.3) is 0 Å². The first-order valence-corrected chi connectivity index (χ1v) is 8.33. The zero-order valence-electron chi connectivity index (χ0n) is 15.7. The second-order valence-corrected chi connectivity index (χ2v) is 6.11. The van der Waals surface area contributed by atoms with Crippen molar-refractivity contribution >= 4 is 23.3 Å². The van der Waals surface area contributed by atoms with Gasteiger partial charge in [-0.1, -0.05) is 12.1 Å². The first-order valence-electron chi connectivity index (χ1n) is 8.33. The lowest BCUT2D eigenvalue weighted by Gasteiger charge is -2.08. The fourth-order valence-corrected chi connectivity index (χ4v) is 2.65. The number of Topliss-reactive ketones (excluding diaryl/α,β-unsaturated/α-hetero) is 1. The van der Waals surface area contributed by atoms with Gasteiger partial charge in [0.1, 0.15) is 5.69 Å². The largest absolute Gasteiger partial charge is 0.346 e. The number of amides is 2. The van der Waals surface area contributed by atoms with Crippen molar-refractivity contribution in [3.63, 3.8) is 0 Å². The molecule has 28 heavy (non-hydrogen) atoms. The summed E-state index contributed by atoms with van der Waals surface area (Å²) in [6.07, 6.45) is 1.38. The Kier molecular flexibility index (Phi) is 6.11. The van der Waals surface area contributed by atoms with E-state index in [1.54, 1.807) is 19.1 Å². The molecule has 1 aromatic heterocycles. The van der Waals surface area contributed by atoms with E-state index in [1.165, 1.54) is 30.7 Å². The smallest absolute Gasteiger partial charge is 0.292 e. The lowest BCUT2D eigenvalue weighted by Crippen LogP contribution is -2.31. The minimum Gasteiger partial charge on any atom is -0.346 e. The molecule has 144 valence electrons. The molecule has 0 atom stereocenters. The summed E-state index contributed by atoms with van der Waals surface area (Å²) in [5.74, 6) is -3.95. The van der Waals surface area contributed by atoms with Crippen molar-refractivity contribution in [3.8, 4) is 6.07 Å². The van der Waals surface area contributed by atoms with Crippen LogP contribution in [-0.2, 0) is 11.8 Å². The number of aryl methyl sites for hydroxylation is 1. The number of aromatic nitrogens is 1. The number of benzene rings is 1. The van der Waals surface area contributed by atoms with Gasteiger partial charge in [0.2, 0.25) is 0 Å². The third kappa shape index (κ3) is 3.83. The summed E-state index contributed by atoms with van der Waals surface area (Å²) in [5, 5.41) is 13.9. The first-order chi connectivity index (χ1) is 13.2. The van der Waals surface area contributed by atoms with E-state index in [9.17, 15) is 18.8 Å². The molecule has 0 saturated carbocycles. The summed E-state index contributed by atoms with van der Waals surface area (Å²) in [7, 11) is 1.42. The van der Waals surface area contributed by atoms with Crippen LogP contribution in [0, 0.1) is 31.0 Å². The molecule has 2 amide bonds. The summed E-state index contributed by atoms with van der Waals surface area (Å²) in [5.41, 5.74) is 0.702. The van der Waals surface area contributed by atoms with Crippen LogP contribution in [0.3, 0.4) is 0 Å². The summed E-state index contributed by atoms with van der Waals surface area (Å²) in [6.45, 7) is 6.66. The predicted octanol–water partition coefficient (Wildman–Crippen LogP) is 2.39. The van der Waals surface area contributed by atoms with Gasteiger partial charge >= 0.3 is 0 Å². The lowest BCUT2D eigenvalue weighted by atomic mass is 10.1. The van der Waals surface area contributed by atoms with Crippen LogP contribution in [0.15, 0.2) is 30.9 Å². The van der Waals surface area contributed by atoms with Crippen LogP contribution >= 0.6 is 0 Å². The molecule has 2 N–H and O–H groups in total. The minimum absolute atomic E-state index is 0.0556. The number of anilines is 1. The standard InChI is InChI=1S/C20H19FN4O3/c1-5-8-23-20(28)18(26)15-12(3)25(4)17(16(15)21)19(27)24-14-7-6-11(2)13(9-14)10-22/h5-7,9H,1,8H2,2-4H3,(H,23,28)(H,24,27). The van der Waals surface area contributed by atoms with Crippen molar-refractivity contribution < 1.29 is 18.8 Å². The van der Waals surface area contributed by atoms with Crippen LogP contribution in [0.5, 0.6) is 0 Å². The number of hydrogen-bond donors (Lipinski definition) is 2. The number of nitrogens with one attached hydrogen (secondary N) is 2. The van der Waals surface area contributed by atoms with Crippen molar-refractivity contribution in [1.29, 1.82) is 5.26 Å². The molecule has 0 aliphatic heterocycles. The Balaban J connectivity index is 2.38. The van der Waals surface area contributed by atoms with Crippen molar-refractivity contribution in [1.82, 2.24) is 9.88 Å². The number of hydrogen-bond acceptors (Lipinski definition) is 4. The number of carbonyl (C=O) groups excluding carboxylic acids is 3. The molecule has 0 fully saturated rings. The molecule has 0 aliphatic rings. The minimum atomic E-state index is -1.08. The quantitative estimate of drug-likeness (QED) is 0.455. The Hall–Kier alpha value is -3.73. The van der Waals surface area contributed by atoms with Crippen molar-refractivity contribution in [2.45, 2.75) is 13.8 Å². The zero-order valence-corrected chi connectivity index (χ0v) is 15.7. The molecule has 0 unspecified atom stereocenters. The van der Waals surface area contributed by atoms with Crippen LogP contribution in [0.4, 0.5) is 10.1 Å². The molecule has 2 rings (SSSR count). The SMILES string of the molecule is C=CCNC(=O)C(=O)c1c(F)c(C(=O)Nc2ccc(C)c(C#N)c2)n(C)c1C. The summed E-state index contributed by atoms with van der Waals surface area (Å²) >= 11 is 0. The Labute approximate surface area is 161 Å². The fourth-order valence-electron chi connectivity index (χ4n) is 2.65. The van der Waals surface area contributed by atoms with E-state index in [-0.39, 0.29) is 12.2 Å². The molecule has 0 radical (unpaired) electrons. The maximum absolute atomic E-state index is 14.9. The van der Waals surface area contributed by atoms with Crippen molar-refractivity contribution in [3.05, 3.63) is 64.7 Å². The van der Waals surface area contributed by atoms with Crippen molar-refractivity contribution in [2.75, 3.05) is 11.9 Å². The van der Waals surface area contributed by atoms with E-state index < -0.39 is 34.7 Å². The van der Waals surface area contributed by atoms with Crippen LogP contribution in [-0.4, -0.2) is 28.7 Å². The van der Waals surface area contributed by atoms with E-state index in [0.29, 0.717) is 11.3 Å². The average Bonchev–Trinajstić information content (AvgIpc) is 2.89. The molecule has 0 spiro atoms. The first kappa shape index (κ1) is 20.6.